The number of nitrogen functional groups attached to an aromatic ring is 1. The van der Waals surface area contributed by atoms with Gasteiger partial charge in [-0.3, -0.25) is 30.6 Å². The number of aromatic hydroxyl groups is 2. The van der Waals surface area contributed by atoms with E-state index in [4.69, 9.17) is 22.0 Å². The third-order valence-corrected chi connectivity index (χ3v) is 7.86. The second kappa shape index (κ2) is 11.7. The first-order chi connectivity index (χ1) is 20.5. The van der Waals surface area contributed by atoms with E-state index in [1.807, 2.05) is 0 Å². The number of nitrogens with one attached hydrogen (secondary N) is 4. The van der Waals surface area contributed by atoms with E-state index in [0.29, 0.717) is 16.6 Å². The van der Waals surface area contributed by atoms with E-state index in [-0.39, 0.29) is 51.7 Å². The lowest BCUT2D eigenvalue weighted by atomic mass is 9.81. The number of hydrogen-bond acceptors (Lipinski definition) is 9. The molecule has 16 heteroatoms. The molecular weight excluding hydrogens is 592 g/mol. The Bertz CT molecular complexity index is 1950. The second-order valence-electron chi connectivity index (χ2n) is 10.5. The van der Waals surface area contributed by atoms with Crippen LogP contribution in [0.4, 0.5) is 0 Å². The minimum Gasteiger partial charge on any atom is -0.507 e. The maximum atomic E-state index is 13.3. The van der Waals surface area contributed by atoms with Gasteiger partial charge in [0.2, 0.25) is 27.7 Å². The monoisotopic (exact) mass is 622 g/mol. The number of fused-ring (bicyclic) bond motifs is 1. The van der Waals surface area contributed by atoms with Gasteiger partial charge in [0.05, 0.1) is 26.9 Å². The van der Waals surface area contributed by atoms with Crippen molar-refractivity contribution in [2.45, 2.75) is 37.0 Å². The normalized spacial score (nSPS) is 11.7. The molecule has 0 aliphatic heterocycles. The van der Waals surface area contributed by atoms with Crippen molar-refractivity contribution >= 4 is 44.6 Å². The molecule has 0 radical (unpaired) electrons. The van der Waals surface area contributed by atoms with Crippen LogP contribution in [-0.4, -0.2) is 52.2 Å². The number of imidazole rings is 1. The van der Waals surface area contributed by atoms with Gasteiger partial charge in [-0.1, -0.05) is 0 Å². The van der Waals surface area contributed by atoms with Crippen molar-refractivity contribution in [3.05, 3.63) is 59.7 Å². The zero-order valence-electron chi connectivity index (χ0n) is 23.6. The molecule has 3 aromatic carbocycles. The highest BCUT2D eigenvalue weighted by Gasteiger charge is 2.33. The van der Waals surface area contributed by atoms with Crippen LogP contribution in [-0.2, 0) is 29.8 Å². The predicted octanol–water partition coefficient (Wildman–Crippen LogP) is 0.930. The summed E-state index contributed by atoms with van der Waals surface area (Å²) in [7, 11) is -4.20. The summed E-state index contributed by atoms with van der Waals surface area (Å²) in [5.74, 6) is -2.88. The molecule has 230 valence electrons. The fourth-order valence-electron chi connectivity index (χ4n) is 4.31. The van der Waals surface area contributed by atoms with E-state index in [9.17, 15) is 33.0 Å². The number of primary sulfonamides is 1. The first-order valence-electron chi connectivity index (χ1n) is 12.9. The number of sulfonamides is 1. The number of primary amides is 1. The van der Waals surface area contributed by atoms with Crippen LogP contribution >= 0.6 is 0 Å². The Morgan fingerprint density at radius 1 is 0.955 bits per heavy atom. The number of hydrogen-bond donors (Lipinski definition) is 9. The molecule has 12 N–H and O–H groups in total. The fourth-order valence-corrected chi connectivity index (χ4v) is 4.85. The zero-order valence-corrected chi connectivity index (χ0v) is 24.4. The number of H-pyrrole nitrogens is 1. The maximum absolute atomic E-state index is 13.3. The molecule has 0 saturated heterocycles. The predicted molar refractivity (Wildman–Crippen MR) is 160 cm³/mol. The van der Waals surface area contributed by atoms with Crippen molar-refractivity contribution in [1.82, 2.24) is 20.8 Å². The summed E-state index contributed by atoms with van der Waals surface area (Å²) in [6.45, 7) is 3.05. The Morgan fingerprint density at radius 3 is 2.27 bits per heavy atom. The van der Waals surface area contributed by atoms with Gasteiger partial charge in [-0.15, -0.1) is 0 Å². The van der Waals surface area contributed by atoms with Gasteiger partial charge < -0.3 is 26.7 Å². The quantitative estimate of drug-likeness (QED) is 0.0728. The first-order valence-corrected chi connectivity index (χ1v) is 14.5. The van der Waals surface area contributed by atoms with E-state index in [0.717, 1.165) is 18.2 Å². The van der Waals surface area contributed by atoms with Crippen molar-refractivity contribution in [2.75, 3.05) is 0 Å². The smallest absolute Gasteiger partial charge is 0.248 e. The summed E-state index contributed by atoms with van der Waals surface area (Å²) in [5.41, 5.74) is 15.3. The standard InChI is InChI=1S/C28H30N8O7S/c1-28(2,27(41)36-35-23(39)8-7-22(29)38)14-10-17(16-12-15(44(32,42)43)4-6-21(16)37)24(40)18(11-14)26-33-19-5-3-13(25(30)31)9-20(19)34-26/h3-6,9-12,37,40H,7-8H2,1-2H3,(H2,29,38)(H3,30,31)(H,33,34)(H,35,39)(H,36,41)(H2,32,42,43). The number of carbonyl (C=O) groups excluding carboxylic acids is 3. The summed E-state index contributed by atoms with van der Waals surface area (Å²) >= 11 is 0. The molecule has 0 saturated carbocycles. The third-order valence-electron chi connectivity index (χ3n) is 6.95. The number of hydrazine groups is 1. The first kappa shape index (κ1) is 31.5. The molecular formula is C28H30N8O7S. The molecule has 1 aromatic heterocycles. The average Bonchev–Trinajstić information content (AvgIpc) is 3.37. The molecule has 44 heavy (non-hydrogen) atoms. The van der Waals surface area contributed by atoms with E-state index >= 15 is 0 Å². The molecule has 3 amide bonds. The molecule has 0 aliphatic carbocycles. The number of aromatic amines is 1. The Kier molecular flexibility index (Phi) is 8.33. The summed E-state index contributed by atoms with van der Waals surface area (Å²) in [6, 6.07) is 10.9. The fraction of sp³-hybridized carbons (Fsp3) is 0.179. The van der Waals surface area contributed by atoms with Crippen LogP contribution in [0.2, 0.25) is 0 Å². The minimum absolute atomic E-state index is 0.0586. The maximum Gasteiger partial charge on any atom is 0.248 e. The van der Waals surface area contributed by atoms with Crippen molar-refractivity contribution in [2.24, 2.45) is 16.6 Å². The second-order valence-corrected chi connectivity index (χ2v) is 12.0. The van der Waals surface area contributed by atoms with Crippen molar-refractivity contribution in [1.29, 1.82) is 5.41 Å². The average molecular weight is 623 g/mol. The molecule has 15 nitrogen and oxygen atoms in total. The molecule has 0 fully saturated rings. The van der Waals surface area contributed by atoms with Gasteiger partial charge in [-0.05, 0) is 67.9 Å². The molecule has 0 spiro atoms. The Labute approximate surface area is 251 Å². The van der Waals surface area contributed by atoms with Crippen LogP contribution in [0.25, 0.3) is 33.5 Å². The topological polar surface area (TPSA) is 280 Å². The van der Waals surface area contributed by atoms with E-state index in [1.54, 1.807) is 18.2 Å². The summed E-state index contributed by atoms with van der Waals surface area (Å²) in [4.78, 5) is 43.6. The lowest BCUT2D eigenvalue weighted by Gasteiger charge is -2.26. The highest BCUT2D eigenvalue weighted by atomic mass is 32.2. The summed E-state index contributed by atoms with van der Waals surface area (Å²) in [5, 5.41) is 35.2. The van der Waals surface area contributed by atoms with Crippen molar-refractivity contribution in [3.63, 3.8) is 0 Å². The lowest BCUT2D eigenvalue weighted by Crippen LogP contribution is -2.49. The number of rotatable bonds is 9. The van der Waals surface area contributed by atoms with Gasteiger partial charge in [-0.25, -0.2) is 18.5 Å². The van der Waals surface area contributed by atoms with Gasteiger partial charge in [0.1, 0.15) is 23.2 Å². The van der Waals surface area contributed by atoms with Crippen LogP contribution in [0.1, 0.15) is 37.8 Å². The van der Waals surface area contributed by atoms with Gasteiger partial charge in [0.25, 0.3) is 0 Å². The van der Waals surface area contributed by atoms with Crippen LogP contribution in [0.15, 0.2) is 53.4 Å². The zero-order chi connectivity index (χ0) is 32.6. The number of nitrogens with zero attached hydrogens (tertiary/aromatic N) is 1. The number of carbonyl (C=O) groups is 3. The molecule has 4 aromatic rings. The van der Waals surface area contributed by atoms with Crippen molar-refractivity contribution < 1.29 is 33.0 Å². The minimum atomic E-state index is -4.20. The van der Waals surface area contributed by atoms with Gasteiger partial charge >= 0.3 is 0 Å². The van der Waals surface area contributed by atoms with Gasteiger partial charge in [0, 0.05) is 29.5 Å². The highest BCUT2D eigenvalue weighted by molar-refractivity contribution is 7.89. The summed E-state index contributed by atoms with van der Waals surface area (Å²) < 4.78 is 24.2. The molecule has 1 heterocycles. The number of amides is 3. The molecule has 0 aliphatic rings. The highest BCUT2D eigenvalue weighted by Crippen LogP contribution is 2.44. The SMILES string of the molecule is CC(C)(C(=O)NNC(=O)CCC(N)=O)c1cc(-c2nc3ccc(C(=N)N)cc3[nH]2)c(O)c(-c2cc(S(N)(=O)=O)ccc2O)c1. The van der Waals surface area contributed by atoms with Crippen LogP contribution in [0.3, 0.4) is 0 Å². The number of aromatic nitrogens is 2. The van der Waals surface area contributed by atoms with E-state index in [1.165, 1.54) is 26.0 Å². The van der Waals surface area contributed by atoms with Crippen LogP contribution < -0.4 is 27.5 Å². The number of benzene rings is 3. The Morgan fingerprint density at radius 2 is 1.64 bits per heavy atom. The van der Waals surface area contributed by atoms with E-state index < -0.39 is 44.7 Å². The largest absolute Gasteiger partial charge is 0.507 e. The number of amidine groups is 1. The molecule has 0 bridgehead atoms. The van der Waals surface area contributed by atoms with Crippen LogP contribution in [0.5, 0.6) is 11.5 Å². The molecule has 0 atom stereocenters. The number of phenols is 2. The van der Waals surface area contributed by atoms with Gasteiger partial charge in [-0.2, -0.15) is 0 Å². The molecule has 4 rings (SSSR count). The van der Waals surface area contributed by atoms with Crippen LogP contribution in [0, 0.1) is 5.41 Å². The van der Waals surface area contributed by atoms with E-state index in [2.05, 4.69) is 20.8 Å². The third kappa shape index (κ3) is 6.45. The summed E-state index contributed by atoms with van der Waals surface area (Å²) in [6.07, 6.45) is -0.469. The Balaban J connectivity index is 1.88. The number of phenolic OH excluding ortho intramolecular Hbond substituents is 2. The van der Waals surface area contributed by atoms with Gasteiger partial charge in [0.15, 0.2) is 0 Å². The van der Waals surface area contributed by atoms with Crippen molar-refractivity contribution in [3.8, 4) is 34.0 Å². The molecule has 0 unspecified atom stereocenters. The number of nitrogens with two attached hydrogens (primary N) is 3. The lowest BCUT2D eigenvalue weighted by molar-refractivity contribution is -0.132. The Hall–Kier alpha value is -5.48.